The Morgan fingerprint density at radius 3 is 2.65 bits per heavy atom. The van der Waals surface area contributed by atoms with E-state index in [-0.39, 0.29) is 5.75 Å². The van der Waals surface area contributed by atoms with Crippen LogP contribution in [0.2, 0.25) is 0 Å². The molecule has 0 spiro atoms. The summed E-state index contributed by atoms with van der Waals surface area (Å²) in [5, 5.41) is 19.4. The maximum Gasteiger partial charge on any atom is 0.151 e. The molecule has 2 aliphatic heterocycles. The molecule has 1 aromatic carbocycles. The summed E-state index contributed by atoms with van der Waals surface area (Å²) in [4.78, 5) is 4.87. The molecule has 5 heteroatoms. The number of nitrogens with zero attached hydrogens (tertiary/aromatic N) is 4. The van der Waals surface area contributed by atoms with Gasteiger partial charge in [-0.2, -0.15) is 0 Å². The van der Waals surface area contributed by atoms with Crippen LogP contribution in [-0.4, -0.2) is 52.9 Å². The summed E-state index contributed by atoms with van der Waals surface area (Å²) in [5.74, 6) is 2.00. The van der Waals surface area contributed by atoms with Gasteiger partial charge in [-0.1, -0.05) is 6.07 Å². The Balaban J connectivity index is 1.62. The zero-order valence-corrected chi connectivity index (χ0v) is 15.9. The molecule has 1 N–H and O–H groups in total. The van der Waals surface area contributed by atoms with Crippen LogP contribution in [-0.2, 0) is 0 Å². The van der Waals surface area contributed by atoms with Crippen LogP contribution >= 0.6 is 0 Å². The van der Waals surface area contributed by atoms with Crippen molar-refractivity contribution in [2.75, 3.05) is 31.6 Å². The molecule has 0 saturated carbocycles. The highest BCUT2D eigenvalue weighted by Crippen LogP contribution is 2.35. The maximum atomic E-state index is 10.3. The molecule has 0 bridgehead atoms. The van der Waals surface area contributed by atoms with E-state index in [0.29, 0.717) is 6.04 Å². The van der Waals surface area contributed by atoms with Crippen molar-refractivity contribution in [3.8, 4) is 17.0 Å². The van der Waals surface area contributed by atoms with Crippen LogP contribution < -0.4 is 4.90 Å². The molecular weight excluding hydrogens is 324 g/mol. The summed E-state index contributed by atoms with van der Waals surface area (Å²) in [6.07, 6.45) is 3.84. The Morgan fingerprint density at radius 2 is 1.92 bits per heavy atom. The van der Waals surface area contributed by atoms with Gasteiger partial charge in [0.1, 0.15) is 5.75 Å². The third-order valence-corrected chi connectivity index (χ3v) is 5.96. The number of aromatic nitrogens is 2. The van der Waals surface area contributed by atoms with Crippen LogP contribution in [0.4, 0.5) is 5.82 Å². The summed E-state index contributed by atoms with van der Waals surface area (Å²) in [7, 11) is 2.21. The third-order valence-electron chi connectivity index (χ3n) is 5.96. The van der Waals surface area contributed by atoms with E-state index in [1.54, 1.807) is 6.07 Å². The van der Waals surface area contributed by atoms with E-state index in [2.05, 4.69) is 39.2 Å². The molecule has 4 rings (SSSR count). The van der Waals surface area contributed by atoms with Gasteiger partial charge in [0.05, 0.1) is 5.69 Å². The van der Waals surface area contributed by atoms with Gasteiger partial charge in [0.15, 0.2) is 5.82 Å². The van der Waals surface area contributed by atoms with Crippen molar-refractivity contribution in [1.82, 2.24) is 15.1 Å². The number of fused-ring (bicyclic) bond motifs is 1. The lowest BCUT2D eigenvalue weighted by atomic mass is 9.83. The monoisotopic (exact) mass is 352 g/mol. The number of phenols is 1. The summed E-state index contributed by atoms with van der Waals surface area (Å²) in [6.45, 7) is 7.35. The predicted octanol–water partition coefficient (Wildman–Crippen LogP) is 3.39. The van der Waals surface area contributed by atoms with Gasteiger partial charge in [0.2, 0.25) is 0 Å². The number of rotatable bonds is 2. The molecule has 1 aromatic heterocycles. The van der Waals surface area contributed by atoms with E-state index >= 15 is 0 Å². The first-order valence-corrected chi connectivity index (χ1v) is 9.62. The molecule has 0 radical (unpaired) electrons. The second kappa shape index (κ2) is 6.88. The number of likely N-dealkylation sites (tertiary alicyclic amines) is 1. The van der Waals surface area contributed by atoms with Crippen LogP contribution in [0.15, 0.2) is 24.3 Å². The molecule has 0 amide bonds. The molecule has 2 atom stereocenters. The average molecular weight is 352 g/mol. The van der Waals surface area contributed by atoms with Crippen molar-refractivity contribution in [2.45, 2.75) is 39.2 Å². The minimum absolute atomic E-state index is 0.275. The largest absolute Gasteiger partial charge is 0.507 e. The first kappa shape index (κ1) is 17.3. The number of hydrogen-bond acceptors (Lipinski definition) is 5. The first-order chi connectivity index (χ1) is 12.5. The minimum Gasteiger partial charge on any atom is -0.507 e. The highest BCUT2D eigenvalue weighted by atomic mass is 16.3. The Bertz CT molecular complexity index is 766. The quantitative estimate of drug-likeness (QED) is 0.898. The van der Waals surface area contributed by atoms with Gasteiger partial charge in [0.25, 0.3) is 0 Å². The van der Waals surface area contributed by atoms with E-state index < -0.39 is 0 Å². The van der Waals surface area contributed by atoms with Gasteiger partial charge in [-0.3, -0.25) is 0 Å². The van der Waals surface area contributed by atoms with Crippen molar-refractivity contribution < 1.29 is 5.11 Å². The highest BCUT2D eigenvalue weighted by Gasteiger charge is 2.35. The van der Waals surface area contributed by atoms with Crippen molar-refractivity contribution in [1.29, 1.82) is 0 Å². The molecule has 2 aromatic rings. The van der Waals surface area contributed by atoms with Gasteiger partial charge >= 0.3 is 0 Å². The summed E-state index contributed by atoms with van der Waals surface area (Å²) in [5.41, 5.74) is 3.59. The van der Waals surface area contributed by atoms with Gasteiger partial charge < -0.3 is 14.9 Å². The Hall–Kier alpha value is -2.14. The second-order valence-electron chi connectivity index (χ2n) is 7.97. The minimum atomic E-state index is 0.275. The molecule has 2 fully saturated rings. The van der Waals surface area contributed by atoms with E-state index in [4.69, 9.17) is 0 Å². The Morgan fingerprint density at radius 1 is 1.08 bits per heavy atom. The smallest absolute Gasteiger partial charge is 0.151 e. The molecule has 0 unspecified atom stereocenters. The fourth-order valence-corrected chi connectivity index (χ4v) is 4.69. The van der Waals surface area contributed by atoms with Gasteiger partial charge in [0, 0.05) is 24.7 Å². The zero-order valence-electron chi connectivity index (χ0n) is 15.9. The number of anilines is 1. The predicted molar refractivity (Wildman–Crippen MR) is 105 cm³/mol. The number of aryl methyl sites for hydroxylation is 2. The lowest BCUT2D eigenvalue weighted by Gasteiger charge is -2.47. The summed E-state index contributed by atoms with van der Waals surface area (Å²) >= 11 is 0. The van der Waals surface area contributed by atoms with Gasteiger partial charge in [-0.05, 0) is 81.9 Å². The molecule has 3 heterocycles. The fourth-order valence-electron chi connectivity index (χ4n) is 4.69. The third kappa shape index (κ3) is 3.16. The number of aromatic hydroxyl groups is 1. The number of benzene rings is 1. The van der Waals surface area contributed by atoms with Crippen LogP contribution in [0.1, 0.15) is 30.4 Å². The van der Waals surface area contributed by atoms with E-state index in [1.807, 2.05) is 19.9 Å². The van der Waals surface area contributed by atoms with Crippen LogP contribution in [0, 0.1) is 19.8 Å². The van der Waals surface area contributed by atoms with Crippen LogP contribution in [0.25, 0.3) is 11.3 Å². The van der Waals surface area contributed by atoms with Gasteiger partial charge in [-0.15, -0.1) is 10.2 Å². The van der Waals surface area contributed by atoms with Crippen LogP contribution in [0.5, 0.6) is 5.75 Å². The average Bonchev–Trinajstić information content (AvgIpc) is 2.61. The number of piperidine rings is 2. The van der Waals surface area contributed by atoms with E-state index in [1.165, 1.54) is 25.8 Å². The van der Waals surface area contributed by atoms with Crippen molar-refractivity contribution in [3.63, 3.8) is 0 Å². The Labute approximate surface area is 155 Å². The highest BCUT2D eigenvalue weighted by molar-refractivity contribution is 5.71. The normalized spacial score (nSPS) is 23.7. The Kier molecular flexibility index (Phi) is 4.57. The van der Waals surface area contributed by atoms with Crippen molar-refractivity contribution in [3.05, 3.63) is 35.4 Å². The number of phenolic OH excluding ortho intramolecular Hbond substituents is 1. The lowest BCUT2D eigenvalue weighted by Crippen LogP contribution is -2.55. The lowest BCUT2D eigenvalue weighted by molar-refractivity contribution is 0.158. The molecule has 138 valence electrons. The molecule has 5 nitrogen and oxygen atoms in total. The second-order valence-corrected chi connectivity index (χ2v) is 7.97. The SMILES string of the molecule is Cc1cc(C)c(-c2ccc(N3CCC[C@H]4CCN(C)C[C@@H]43)nn2)c(O)c1. The topological polar surface area (TPSA) is 52.5 Å². The number of likely N-dealkylation sites (N-methyl/N-ethyl adjacent to an activating group) is 1. The van der Waals surface area contributed by atoms with Crippen molar-refractivity contribution >= 4 is 5.82 Å². The summed E-state index contributed by atoms with van der Waals surface area (Å²) < 4.78 is 0. The molecular formula is C21H28N4O. The molecule has 26 heavy (non-hydrogen) atoms. The maximum absolute atomic E-state index is 10.3. The standard InChI is InChI=1S/C21H28N4O/c1-14-11-15(2)21(19(26)12-14)17-6-7-20(23-22-17)25-9-4-5-16-8-10-24(3)13-18(16)25/h6-7,11-12,16,18,26H,4-5,8-10,13H2,1-3H3/t16-,18-/m0/s1. The van der Waals surface area contributed by atoms with E-state index in [9.17, 15) is 5.11 Å². The first-order valence-electron chi connectivity index (χ1n) is 9.62. The molecule has 2 aliphatic rings. The zero-order chi connectivity index (χ0) is 18.3. The molecule has 0 aliphatic carbocycles. The van der Waals surface area contributed by atoms with E-state index in [0.717, 1.165) is 47.2 Å². The van der Waals surface area contributed by atoms with Gasteiger partial charge in [-0.25, -0.2) is 0 Å². The fraction of sp³-hybridized carbons (Fsp3) is 0.524. The number of hydrogen-bond donors (Lipinski definition) is 1. The van der Waals surface area contributed by atoms with Crippen LogP contribution in [0.3, 0.4) is 0 Å². The summed E-state index contributed by atoms with van der Waals surface area (Å²) in [6, 6.07) is 8.45. The molecule has 2 saturated heterocycles. The van der Waals surface area contributed by atoms with Crippen molar-refractivity contribution in [2.24, 2.45) is 5.92 Å².